The average molecular weight is 348 g/mol. The number of hydrogen-bond acceptors (Lipinski definition) is 2. The Hall–Kier alpha value is -3.07. The number of halogens is 1. The van der Waals surface area contributed by atoms with Crippen molar-refractivity contribution in [3.63, 3.8) is 0 Å². The van der Waals surface area contributed by atoms with Crippen LogP contribution in [0.4, 0.5) is 4.39 Å². The van der Waals surface area contributed by atoms with E-state index in [1.165, 1.54) is 12.1 Å². The molecular formula is C23H21FO2. The molecule has 0 saturated heterocycles. The monoisotopic (exact) mass is 348 g/mol. The lowest BCUT2D eigenvalue weighted by atomic mass is 9.87. The number of hydrogen-bond donors (Lipinski definition) is 1. The predicted molar refractivity (Wildman–Crippen MR) is 104 cm³/mol. The van der Waals surface area contributed by atoms with Gasteiger partial charge in [0.15, 0.2) is 11.6 Å². The van der Waals surface area contributed by atoms with Gasteiger partial charge in [-0.05, 0) is 58.9 Å². The second kappa shape index (κ2) is 7.87. The summed E-state index contributed by atoms with van der Waals surface area (Å²) in [4.78, 5) is 0. The maximum Gasteiger partial charge on any atom is 0.165 e. The Morgan fingerprint density at radius 3 is 2.65 bits per heavy atom. The van der Waals surface area contributed by atoms with E-state index in [-0.39, 0.29) is 11.5 Å². The zero-order chi connectivity index (χ0) is 18.5. The van der Waals surface area contributed by atoms with Gasteiger partial charge in [-0.2, -0.15) is 0 Å². The van der Waals surface area contributed by atoms with Gasteiger partial charge in [0.25, 0.3) is 0 Å². The van der Waals surface area contributed by atoms with Gasteiger partial charge in [-0.15, -0.1) is 0 Å². The molecule has 2 aromatic carbocycles. The fourth-order valence-corrected chi connectivity index (χ4v) is 2.97. The van der Waals surface area contributed by atoms with Crippen molar-refractivity contribution in [1.82, 2.24) is 0 Å². The summed E-state index contributed by atoms with van der Waals surface area (Å²) < 4.78 is 20.3. The first-order chi connectivity index (χ1) is 12.5. The molecular weight excluding hydrogens is 327 g/mol. The van der Waals surface area contributed by atoms with Crippen molar-refractivity contribution >= 4 is 5.57 Å². The minimum Gasteiger partial charge on any atom is -0.509 e. The Bertz CT molecular complexity index is 892. The van der Waals surface area contributed by atoms with E-state index in [1.54, 1.807) is 12.1 Å². The lowest BCUT2D eigenvalue weighted by Crippen LogP contribution is -2.05. The largest absolute Gasteiger partial charge is 0.509 e. The lowest BCUT2D eigenvalue weighted by molar-refractivity contribution is 0.290. The molecule has 0 spiro atoms. The van der Waals surface area contributed by atoms with Crippen molar-refractivity contribution in [2.75, 3.05) is 0 Å². The second-order valence-corrected chi connectivity index (χ2v) is 6.22. The molecule has 0 atom stereocenters. The van der Waals surface area contributed by atoms with E-state index >= 15 is 0 Å². The van der Waals surface area contributed by atoms with E-state index in [0.29, 0.717) is 12.2 Å². The van der Waals surface area contributed by atoms with Crippen molar-refractivity contribution in [2.45, 2.75) is 19.4 Å². The summed E-state index contributed by atoms with van der Waals surface area (Å²) in [5, 5.41) is 9.21. The van der Waals surface area contributed by atoms with E-state index < -0.39 is 5.82 Å². The van der Waals surface area contributed by atoms with Crippen LogP contribution in [-0.4, -0.2) is 5.11 Å². The van der Waals surface area contributed by atoms with Crippen molar-refractivity contribution < 1.29 is 14.2 Å². The van der Waals surface area contributed by atoms with Crippen LogP contribution in [0.1, 0.15) is 23.1 Å². The molecule has 0 heterocycles. The Morgan fingerprint density at radius 2 is 1.92 bits per heavy atom. The average Bonchev–Trinajstić information content (AvgIpc) is 2.64. The number of benzene rings is 2. The number of aryl methyl sites for hydroxylation is 1. The predicted octanol–water partition coefficient (Wildman–Crippen LogP) is 5.92. The van der Waals surface area contributed by atoms with E-state index in [4.69, 9.17) is 4.74 Å². The van der Waals surface area contributed by atoms with Crippen LogP contribution in [0.5, 0.6) is 5.75 Å². The highest BCUT2D eigenvalue weighted by Crippen LogP contribution is 2.35. The van der Waals surface area contributed by atoms with Crippen LogP contribution in [0.2, 0.25) is 0 Å². The molecule has 3 rings (SSSR count). The standard InChI is InChI=1S/C23H21FO2/c1-16(11-12-17(2)25)20-10-6-9-19-13-23(22(24)14-21(19)20)26-15-18-7-4-3-5-8-18/h3-5,7-8,10-14,25H,1-2,6,9,15H2/b12-11-. The first-order valence-corrected chi connectivity index (χ1v) is 8.49. The quantitative estimate of drug-likeness (QED) is 0.519. The molecule has 0 aliphatic heterocycles. The van der Waals surface area contributed by atoms with Gasteiger partial charge in [-0.3, -0.25) is 0 Å². The summed E-state index contributed by atoms with van der Waals surface area (Å²) in [5.41, 5.74) is 4.42. The summed E-state index contributed by atoms with van der Waals surface area (Å²) >= 11 is 0. The van der Waals surface area contributed by atoms with Gasteiger partial charge in [0.05, 0.1) is 0 Å². The molecule has 1 aliphatic carbocycles. The molecule has 0 radical (unpaired) electrons. The van der Waals surface area contributed by atoms with Crippen LogP contribution in [-0.2, 0) is 13.0 Å². The second-order valence-electron chi connectivity index (χ2n) is 6.22. The smallest absolute Gasteiger partial charge is 0.165 e. The minimum absolute atomic E-state index is 0.0429. The van der Waals surface area contributed by atoms with Gasteiger partial charge in [0.2, 0.25) is 0 Å². The maximum absolute atomic E-state index is 14.6. The van der Waals surface area contributed by atoms with Crippen molar-refractivity contribution in [2.24, 2.45) is 0 Å². The Labute approximate surface area is 153 Å². The van der Waals surface area contributed by atoms with E-state index in [0.717, 1.165) is 35.1 Å². The minimum atomic E-state index is -0.393. The number of ether oxygens (including phenoxy) is 1. The molecule has 2 nitrogen and oxygen atoms in total. The molecule has 0 aromatic heterocycles. The highest BCUT2D eigenvalue weighted by Gasteiger charge is 2.18. The highest BCUT2D eigenvalue weighted by atomic mass is 19.1. The SMILES string of the molecule is C=C(O)/C=C\C(=C)C1=CCCc2cc(OCc3ccccc3)c(F)cc21. The summed E-state index contributed by atoms with van der Waals surface area (Å²) in [6.07, 6.45) is 6.87. The van der Waals surface area contributed by atoms with Gasteiger partial charge >= 0.3 is 0 Å². The molecule has 0 amide bonds. The Kier molecular flexibility index (Phi) is 5.37. The van der Waals surface area contributed by atoms with Crippen molar-refractivity contribution in [3.05, 3.63) is 108 Å². The third-order valence-corrected chi connectivity index (χ3v) is 4.27. The van der Waals surface area contributed by atoms with Gasteiger partial charge in [0.1, 0.15) is 12.4 Å². The number of aliphatic hydroxyl groups is 1. The van der Waals surface area contributed by atoms with Gasteiger partial charge in [-0.25, -0.2) is 4.39 Å². The van der Waals surface area contributed by atoms with Crippen LogP contribution in [0, 0.1) is 5.82 Å². The van der Waals surface area contributed by atoms with Crippen molar-refractivity contribution in [1.29, 1.82) is 0 Å². The fourth-order valence-electron chi connectivity index (χ4n) is 2.97. The Balaban J connectivity index is 1.83. The zero-order valence-corrected chi connectivity index (χ0v) is 14.5. The third-order valence-electron chi connectivity index (χ3n) is 4.27. The summed E-state index contributed by atoms with van der Waals surface area (Å²) in [6, 6.07) is 13.0. The zero-order valence-electron chi connectivity index (χ0n) is 14.5. The molecule has 26 heavy (non-hydrogen) atoms. The van der Waals surface area contributed by atoms with E-state index in [9.17, 15) is 9.50 Å². The fraction of sp³-hybridized carbons (Fsp3) is 0.130. The summed E-state index contributed by atoms with van der Waals surface area (Å²) in [7, 11) is 0. The normalized spacial score (nSPS) is 13.2. The summed E-state index contributed by atoms with van der Waals surface area (Å²) in [5.74, 6) is -0.173. The number of rotatable bonds is 6. The molecule has 2 aromatic rings. The van der Waals surface area contributed by atoms with Crippen LogP contribution < -0.4 is 4.74 Å². The summed E-state index contributed by atoms with van der Waals surface area (Å²) in [6.45, 7) is 7.76. The lowest BCUT2D eigenvalue weighted by Gasteiger charge is -2.20. The molecule has 0 bridgehead atoms. The highest BCUT2D eigenvalue weighted by molar-refractivity contribution is 5.84. The molecule has 132 valence electrons. The molecule has 1 aliphatic rings. The maximum atomic E-state index is 14.6. The Morgan fingerprint density at radius 1 is 1.15 bits per heavy atom. The molecule has 0 unspecified atom stereocenters. The molecule has 0 fully saturated rings. The number of fused-ring (bicyclic) bond motifs is 1. The van der Waals surface area contributed by atoms with E-state index in [2.05, 4.69) is 13.2 Å². The molecule has 0 saturated carbocycles. The first-order valence-electron chi connectivity index (χ1n) is 8.49. The van der Waals surface area contributed by atoms with Crippen LogP contribution in [0.15, 0.2) is 85.2 Å². The van der Waals surface area contributed by atoms with Crippen molar-refractivity contribution in [3.8, 4) is 5.75 Å². The van der Waals surface area contributed by atoms with Gasteiger partial charge in [-0.1, -0.05) is 55.6 Å². The topological polar surface area (TPSA) is 29.5 Å². The van der Waals surface area contributed by atoms with Gasteiger partial charge in [0, 0.05) is 0 Å². The first kappa shape index (κ1) is 17.7. The van der Waals surface area contributed by atoms with Crippen LogP contribution >= 0.6 is 0 Å². The third kappa shape index (κ3) is 4.12. The van der Waals surface area contributed by atoms with Crippen LogP contribution in [0.25, 0.3) is 5.57 Å². The number of allylic oxidation sites excluding steroid dienone is 5. The molecule has 3 heteroatoms. The molecule has 1 N–H and O–H groups in total. The number of aliphatic hydroxyl groups excluding tert-OH is 1. The van der Waals surface area contributed by atoms with Crippen LogP contribution in [0.3, 0.4) is 0 Å². The van der Waals surface area contributed by atoms with E-state index in [1.807, 2.05) is 36.4 Å². The van der Waals surface area contributed by atoms with Gasteiger partial charge < -0.3 is 9.84 Å².